The third-order valence-corrected chi connectivity index (χ3v) is 3.77. The Morgan fingerprint density at radius 2 is 2.05 bits per heavy atom. The van der Waals surface area contributed by atoms with Crippen LogP contribution < -0.4 is 10.2 Å². The van der Waals surface area contributed by atoms with Gasteiger partial charge in [0.15, 0.2) is 0 Å². The van der Waals surface area contributed by atoms with Crippen LogP contribution in [0.5, 0.6) is 0 Å². The van der Waals surface area contributed by atoms with Crippen LogP contribution in [0.2, 0.25) is 0 Å². The molecule has 1 aromatic carbocycles. The van der Waals surface area contributed by atoms with Gasteiger partial charge < -0.3 is 10.2 Å². The number of rotatable bonds is 2. The van der Waals surface area contributed by atoms with E-state index in [0.717, 1.165) is 32.1 Å². The molecule has 1 saturated heterocycles. The van der Waals surface area contributed by atoms with Crippen LogP contribution in [0.15, 0.2) is 24.3 Å². The van der Waals surface area contributed by atoms with Gasteiger partial charge in [-0.25, -0.2) is 0 Å². The monoisotopic (exact) mass is 286 g/mol. The minimum atomic E-state index is -4.28. The van der Waals surface area contributed by atoms with Crippen LogP contribution in [0.3, 0.4) is 0 Å². The summed E-state index contributed by atoms with van der Waals surface area (Å²) >= 11 is 0. The summed E-state index contributed by atoms with van der Waals surface area (Å²) in [5, 5.41) is 3.46. The molecule has 0 bridgehead atoms. The van der Waals surface area contributed by atoms with Gasteiger partial charge in [0.25, 0.3) is 0 Å². The molecule has 0 spiro atoms. The second kappa shape index (κ2) is 6.04. The molecule has 20 heavy (non-hydrogen) atoms. The lowest BCUT2D eigenvalue weighted by atomic mass is 10.0. The van der Waals surface area contributed by atoms with Crippen molar-refractivity contribution in [1.29, 1.82) is 0 Å². The largest absolute Gasteiger partial charge is 0.416 e. The molecule has 0 aromatic heterocycles. The molecule has 1 unspecified atom stereocenters. The standard InChI is InChI=1S/C15H21F3N2/c1-11(2)14-10-20(8-4-7-19-14)13-6-3-5-12(9-13)15(16,17)18/h3,5-6,9,11,14,19H,4,7-8,10H2,1-2H3. The van der Waals surface area contributed by atoms with Crippen LogP contribution in [-0.2, 0) is 6.18 Å². The fourth-order valence-electron chi connectivity index (χ4n) is 2.51. The van der Waals surface area contributed by atoms with E-state index >= 15 is 0 Å². The minimum absolute atomic E-state index is 0.312. The third kappa shape index (κ3) is 3.66. The molecule has 1 heterocycles. The smallest absolute Gasteiger partial charge is 0.370 e. The fourth-order valence-corrected chi connectivity index (χ4v) is 2.51. The first-order valence-corrected chi connectivity index (χ1v) is 7.03. The fraction of sp³-hybridized carbons (Fsp3) is 0.600. The lowest BCUT2D eigenvalue weighted by Crippen LogP contribution is -2.41. The Morgan fingerprint density at radius 1 is 1.30 bits per heavy atom. The topological polar surface area (TPSA) is 15.3 Å². The molecule has 2 rings (SSSR count). The average Bonchev–Trinajstić information content (AvgIpc) is 2.63. The Balaban J connectivity index is 2.21. The molecule has 5 heteroatoms. The van der Waals surface area contributed by atoms with Crippen molar-refractivity contribution in [3.63, 3.8) is 0 Å². The summed E-state index contributed by atoms with van der Waals surface area (Å²) in [6.45, 7) is 6.72. The van der Waals surface area contributed by atoms with Gasteiger partial charge in [-0.2, -0.15) is 13.2 Å². The molecule has 1 atom stereocenters. The van der Waals surface area contributed by atoms with Crippen LogP contribution >= 0.6 is 0 Å². The van der Waals surface area contributed by atoms with E-state index < -0.39 is 11.7 Å². The van der Waals surface area contributed by atoms with Crippen molar-refractivity contribution in [2.24, 2.45) is 5.92 Å². The second-order valence-corrected chi connectivity index (χ2v) is 5.65. The van der Waals surface area contributed by atoms with Gasteiger partial charge in [-0.3, -0.25) is 0 Å². The van der Waals surface area contributed by atoms with Crippen LogP contribution in [-0.4, -0.2) is 25.7 Å². The van der Waals surface area contributed by atoms with E-state index in [2.05, 4.69) is 24.1 Å². The number of alkyl halides is 3. The molecule has 0 saturated carbocycles. The number of hydrogen-bond acceptors (Lipinski definition) is 2. The molecule has 1 aliphatic heterocycles. The van der Waals surface area contributed by atoms with Crippen molar-refractivity contribution in [3.05, 3.63) is 29.8 Å². The van der Waals surface area contributed by atoms with Gasteiger partial charge in [0, 0.05) is 24.8 Å². The van der Waals surface area contributed by atoms with Gasteiger partial charge in [-0.1, -0.05) is 19.9 Å². The number of halogens is 3. The zero-order chi connectivity index (χ0) is 14.8. The summed E-state index contributed by atoms with van der Waals surface area (Å²) in [4.78, 5) is 2.06. The van der Waals surface area contributed by atoms with Crippen LogP contribution in [0.1, 0.15) is 25.8 Å². The molecular formula is C15H21F3N2. The molecule has 1 fully saturated rings. The Morgan fingerprint density at radius 3 is 2.70 bits per heavy atom. The lowest BCUT2D eigenvalue weighted by molar-refractivity contribution is -0.137. The first-order chi connectivity index (χ1) is 9.38. The van der Waals surface area contributed by atoms with E-state index in [1.54, 1.807) is 6.07 Å². The quantitative estimate of drug-likeness (QED) is 0.894. The van der Waals surface area contributed by atoms with E-state index in [1.807, 2.05) is 0 Å². The van der Waals surface area contributed by atoms with Gasteiger partial charge in [0.05, 0.1) is 5.56 Å². The zero-order valence-electron chi connectivity index (χ0n) is 11.9. The first kappa shape index (κ1) is 15.2. The molecule has 0 radical (unpaired) electrons. The highest BCUT2D eigenvalue weighted by atomic mass is 19.4. The first-order valence-electron chi connectivity index (χ1n) is 7.03. The van der Waals surface area contributed by atoms with Gasteiger partial charge in [-0.15, -0.1) is 0 Å². The minimum Gasteiger partial charge on any atom is -0.370 e. The summed E-state index contributed by atoms with van der Waals surface area (Å²) in [7, 11) is 0. The molecule has 1 aromatic rings. The van der Waals surface area contributed by atoms with Crippen LogP contribution in [0.25, 0.3) is 0 Å². The highest BCUT2D eigenvalue weighted by Crippen LogP contribution is 2.32. The maximum absolute atomic E-state index is 12.8. The van der Waals surface area contributed by atoms with Crippen LogP contribution in [0.4, 0.5) is 18.9 Å². The van der Waals surface area contributed by atoms with E-state index in [1.165, 1.54) is 12.1 Å². The molecule has 0 amide bonds. The summed E-state index contributed by atoms with van der Waals surface area (Å²) in [6.07, 6.45) is -3.34. The van der Waals surface area contributed by atoms with E-state index in [0.29, 0.717) is 17.6 Å². The Kier molecular flexibility index (Phi) is 4.58. The van der Waals surface area contributed by atoms with E-state index in [4.69, 9.17) is 0 Å². The van der Waals surface area contributed by atoms with Crippen molar-refractivity contribution >= 4 is 5.69 Å². The van der Waals surface area contributed by atoms with E-state index in [-0.39, 0.29) is 0 Å². The molecule has 0 aliphatic carbocycles. The number of nitrogens with one attached hydrogen (secondary N) is 1. The normalized spacial score (nSPS) is 21.1. The summed E-state index contributed by atoms with van der Waals surface area (Å²) < 4.78 is 38.4. The number of hydrogen-bond donors (Lipinski definition) is 1. The number of benzene rings is 1. The maximum atomic E-state index is 12.8. The Hall–Kier alpha value is -1.23. The second-order valence-electron chi connectivity index (χ2n) is 5.65. The number of nitrogens with zero attached hydrogens (tertiary/aromatic N) is 1. The van der Waals surface area contributed by atoms with Gasteiger partial charge in [0.1, 0.15) is 0 Å². The predicted molar refractivity (Wildman–Crippen MR) is 74.9 cm³/mol. The highest BCUT2D eigenvalue weighted by Gasteiger charge is 2.31. The average molecular weight is 286 g/mol. The van der Waals surface area contributed by atoms with Crippen molar-refractivity contribution in [1.82, 2.24) is 5.32 Å². The molecular weight excluding hydrogens is 265 g/mol. The zero-order valence-corrected chi connectivity index (χ0v) is 11.9. The molecule has 1 N–H and O–H groups in total. The predicted octanol–water partition coefficient (Wildman–Crippen LogP) is 3.53. The van der Waals surface area contributed by atoms with Gasteiger partial charge in [-0.05, 0) is 37.1 Å². The Bertz CT molecular complexity index is 443. The van der Waals surface area contributed by atoms with Crippen LogP contribution in [0, 0.1) is 5.92 Å². The summed E-state index contributed by atoms with van der Waals surface area (Å²) in [5.41, 5.74) is 0.0856. The van der Waals surface area contributed by atoms with Crippen molar-refractivity contribution in [2.75, 3.05) is 24.5 Å². The molecule has 2 nitrogen and oxygen atoms in total. The van der Waals surface area contributed by atoms with Gasteiger partial charge in [0.2, 0.25) is 0 Å². The SMILES string of the molecule is CC(C)C1CN(c2cccc(C(F)(F)F)c2)CCCN1. The maximum Gasteiger partial charge on any atom is 0.416 e. The Labute approximate surface area is 118 Å². The summed E-state index contributed by atoms with van der Waals surface area (Å²) in [6, 6.07) is 5.94. The van der Waals surface area contributed by atoms with Crippen molar-refractivity contribution in [2.45, 2.75) is 32.5 Å². The van der Waals surface area contributed by atoms with E-state index in [9.17, 15) is 13.2 Å². The highest BCUT2D eigenvalue weighted by molar-refractivity contribution is 5.49. The third-order valence-electron chi connectivity index (χ3n) is 3.77. The lowest BCUT2D eigenvalue weighted by Gasteiger charge is -2.29. The summed E-state index contributed by atoms with van der Waals surface area (Å²) in [5.74, 6) is 0.460. The molecule has 112 valence electrons. The number of anilines is 1. The van der Waals surface area contributed by atoms with Gasteiger partial charge >= 0.3 is 6.18 Å². The molecule has 1 aliphatic rings. The van der Waals surface area contributed by atoms with Crippen molar-refractivity contribution in [3.8, 4) is 0 Å². The van der Waals surface area contributed by atoms with Crippen molar-refractivity contribution < 1.29 is 13.2 Å².